The topological polar surface area (TPSA) is 66.8 Å². The summed E-state index contributed by atoms with van der Waals surface area (Å²) in [4.78, 5) is 24.5. The van der Waals surface area contributed by atoms with Gasteiger partial charge in [-0.3, -0.25) is 4.79 Å². The first-order valence-electron chi connectivity index (χ1n) is 6.86. The first-order valence-corrected chi connectivity index (χ1v) is 6.86. The molecule has 1 saturated heterocycles. The van der Waals surface area contributed by atoms with Crippen LogP contribution < -0.4 is 4.74 Å². The molecule has 1 heterocycles. The van der Waals surface area contributed by atoms with Gasteiger partial charge in [0.1, 0.15) is 11.8 Å². The van der Waals surface area contributed by atoms with Gasteiger partial charge < -0.3 is 14.7 Å². The fourth-order valence-electron chi connectivity index (χ4n) is 2.41. The number of hydrogen-bond donors (Lipinski definition) is 1. The van der Waals surface area contributed by atoms with Crippen LogP contribution in [-0.2, 0) is 16.0 Å². The van der Waals surface area contributed by atoms with Crippen LogP contribution in [0.3, 0.4) is 0 Å². The second-order valence-corrected chi connectivity index (χ2v) is 4.87. The predicted molar refractivity (Wildman–Crippen MR) is 73.7 cm³/mol. The van der Waals surface area contributed by atoms with E-state index in [0.717, 1.165) is 18.4 Å². The van der Waals surface area contributed by atoms with Crippen LogP contribution in [0.25, 0.3) is 0 Å². The summed E-state index contributed by atoms with van der Waals surface area (Å²) in [6.07, 6.45) is 2.15. The van der Waals surface area contributed by atoms with Crippen molar-refractivity contribution in [3.63, 3.8) is 0 Å². The Kier molecular flexibility index (Phi) is 4.61. The normalized spacial score (nSPS) is 18.1. The van der Waals surface area contributed by atoms with E-state index in [1.165, 1.54) is 4.90 Å². The highest BCUT2D eigenvalue weighted by molar-refractivity contribution is 5.85. The zero-order valence-corrected chi connectivity index (χ0v) is 11.5. The Hall–Kier alpha value is -2.04. The Bertz CT molecular complexity index is 500. The summed E-state index contributed by atoms with van der Waals surface area (Å²) < 4.78 is 5.47. The summed E-state index contributed by atoms with van der Waals surface area (Å²) in [7, 11) is 0. The number of carbonyl (C=O) groups is 2. The molecule has 5 nitrogen and oxygen atoms in total. The van der Waals surface area contributed by atoms with Gasteiger partial charge in [-0.1, -0.05) is 19.1 Å². The van der Waals surface area contributed by atoms with Crippen molar-refractivity contribution in [3.05, 3.63) is 29.8 Å². The van der Waals surface area contributed by atoms with E-state index in [2.05, 4.69) is 0 Å². The quantitative estimate of drug-likeness (QED) is 0.889. The fourth-order valence-corrected chi connectivity index (χ4v) is 2.41. The lowest BCUT2D eigenvalue weighted by atomic mass is 10.2. The summed E-state index contributed by atoms with van der Waals surface area (Å²) >= 11 is 0. The molecule has 5 heteroatoms. The van der Waals surface area contributed by atoms with Crippen molar-refractivity contribution in [2.75, 3.05) is 13.2 Å². The second-order valence-electron chi connectivity index (χ2n) is 4.87. The first kappa shape index (κ1) is 14.4. The maximum Gasteiger partial charge on any atom is 0.326 e. The highest BCUT2D eigenvalue weighted by atomic mass is 16.5. The van der Waals surface area contributed by atoms with Gasteiger partial charge in [-0.15, -0.1) is 0 Å². The Morgan fingerprint density at radius 2 is 2.25 bits per heavy atom. The minimum absolute atomic E-state index is 0.114. The Morgan fingerprint density at radius 3 is 2.95 bits per heavy atom. The SMILES string of the molecule is CCc1cccc(OCC(=O)N2CCC[C@H]2C(=O)O)c1. The highest BCUT2D eigenvalue weighted by Gasteiger charge is 2.33. The number of nitrogens with zero attached hydrogens (tertiary/aromatic N) is 1. The number of amides is 1. The molecule has 20 heavy (non-hydrogen) atoms. The molecule has 1 aromatic carbocycles. The number of carbonyl (C=O) groups excluding carboxylic acids is 1. The van der Waals surface area contributed by atoms with Crippen molar-refractivity contribution in [1.29, 1.82) is 0 Å². The van der Waals surface area contributed by atoms with Crippen LogP contribution in [0.2, 0.25) is 0 Å². The van der Waals surface area contributed by atoms with Gasteiger partial charge in [0.15, 0.2) is 6.61 Å². The number of hydrogen-bond acceptors (Lipinski definition) is 3. The molecule has 0 bridgehead atoms. The lowest BCUT2D eigenvalue weighted by Crippen LogP contribution is -2.42. The lowest BCUT2D eigenvalue weighted by Gasteiger charge is -2.21. The largest absolute Gasteiger partial charge is 0.484 e. The zero-order chi connectivity index (χ0) is 14.5. The number of benzene rings is 1. The van der Waals surface area contributed by atoms with E-state index in [-0.39, 0.29) is 12.5 Å². The molecule has 0 unspecified atom stereocenters. The van der Waals surface area contributed by atoms with Gasteiger partial charge in [0.25, 0.3) is 5.91 Å². The molecule has 1 aromatic rings. The van der Waals surface area contributed by atoms with Crippen molar-refractivity contribution < 1.29 is 19.4 Å². The number of carboxylic acid groups (broad SMARTS) is 1. The van der Waals surface area contributed by atoms with Crippen molar-refractivity contribution in [1.82, 2.24) is 4.90 Å². The van der Waals surface area contributed by atoms with E-state index in [1.807, 2.05) is 25.1 Å². The molecule has 1 N–H and O–H groups in total. The average Bonchev–Trinajstić information content (AvgIpc) is 2.94. The van der Waals surface area contributed by atoms with Gasteiger partial charge in [0.05, 0.1) is 0 Å². The summed E-state index contributed by atoms with van der Waals surface area (Å²) in [5.41, 5.74) is 1.14. The Balaban J connectivity index is 1.93. The third kappa shape index (κ3) is 3.29. The summed E-state index contributed by atoms with van der Waals surface area (Å²) in [5, 5.41) is 9.05. The number of aliphatic carboxylic acids is 1. The van der Waals surface area contributed by atoms with Crippen LogP contribution >= 0.6 is 0 Å². The minimum Gasteiger partial charge on any atom is -0.484 e. The van der Waals surface area contributed by atoms with Crippen molar-refractivity contribution in [2.24, 2.45) is 0 Å². The summed E-state index contributed by atoms with van der Waals surface area (Å²) in [6.45, 7) is 2.43. The van der Waals surface area contributed by atoms with E-state index in [9.17, 15) is 9.59 Å². The van der Waals surface area contributed by atoms with Crippen molar-refractivity contribution >= 4 is 11.9 Å². The van der Waals surface area contributed by atoms with Crippen LogP contribution in [0.15, 0.2) is 24.3 Å². The predicted octanol–water partition coefficient (Wildman–Crippen LogP) is 1.70. The molecular formula is C15H19NO4. The maximum absolute atomic E-state index is 12.0. The van der Waals surface area contributed by atoms with Gasteiger partial charge in [0, 0.05) is 6.54 Å². The minimum atomic E-state index is -0.941. The number of aryl methyl sites for hydroxylation is 1. The highest BCUT2D eigenvalue weighted by Crippen LogP contribution is 2.18. The summed E-state index contributed by atoms with van der Waals surface area (Å²) in [6, 6.07) is 6.87. The zero-order valence-electron chi connectivity index (χ0n) is 11.5. The molecule has 2 rings (SSSR count). The van der Waals surface area contributed by atoms with Gasteiger partial charge in [-0.25, -0.2) is 4.79 Å². The van der Waals surface area contributed by atoms with Gasteiger partial charge in [-0.05, 0) is 37.0 Å². The van der Waals surface area contributed by atoms with Crippen LogP contribution in [0.4, 0.5) is 0 Å². The van der Waals surface area contributed by atoms with Crippen LogP contribution in [0.5, 0.6) is 5.75 Å². The number of carboxylic acids is 1. The van der Waals surface area contributed by atoms with Crippen LogP contribution in [-0.4, -0.2) is 41.1 Å². The van der Waals surface area contributed by atoms with Gasteiger partial charge in [0.2, 0.25) is 0 Å². The third-order valence-corrected chi connectivity index (χ3v) is 3.53. The molecule has 1 aliphatic rings. The number of ether oxygens (including phenoxy) is 1. The molecule has 0 aromatic heterocycles. The van der Waals surface area contributed by atoms with Crippen LogP contribution in [0.1, 0.15) is 25.3 Å². The molecule has 0 spiro atoms. The standard InChI is InChI=1S/C15H19NO4/c1-2-11-5-3-6-12(9-11)20-10-14(17)16-8-4-7-13(16)15(18)19/h3,5-6,9,13H,2,4,7-8,10H2,1H3,(H,18,19)/t13-/m0/s1. The van der Waals surface area contributed by atoms with E-state index in [0.29, 0.717) is 18.7 Å². The molecule has 1 atom stereocenters. The Morgan fingerprint density at radius 1 is 1.45 bits per heavy atom. The smallest absolute Gasteiger partial charge is 0.326 e. The molecule has 0 saturated carbocycles. The van der Waals surface area contributed by atoms with E-state index < -0.39 is 12.0 Å². The Labute approximate surface area is 118 Å². The lowest BCUT2D eigenvalue weighted by molar-refractivity contribution is -0.148. The molecule has 1 fully saturated rings. The molecular weight excluding hydrogens is 258 g/mol. The molecule has 1 aliphatic heterocycles. The maximum atomic E-state index is 12.0. The second kappa shape index (κ2) is 6.41. The molecule has 108 valence electrons. The van der Waals surface area contributed by atoms with E-state index in [1.54, 1.807) is 6.07 Å². The van der Waals surface area contributed by atoms with Crippen molar-refractivity contribution in [3.8, 4) is 5.75 Å². The number of rotatable bonds is 5. The summed E-state index contributed by atoms with van der Waals surface area (Å²) in [5.74, 6) is -0.565. The van der Waals surface area contributed by atoms with E-state index in [4.69, 9.17) is 9.84 Å². The third-order valence-electron chi connectivity index (χ3n) is 3.53. The van der Waals surface area contributed by atoms with Crippen molar-refractivity contribution in [2.45, 2.75) is 32.2 Å². The monoisotopic (exact) mass is 277 g/mol. The molecule has 1 amide bonds. The van der Waals surface area contributed by atoms with Crippen LogP contribution in [0, 0.1) is 0 Å². The van der Waals surface area contributed by atoms with E-state index >= 15 is 0 Å². The fraction of sp³-hybridized carbons (Fsp3) is 0.467. The average molecular weight is 277 g/mol. The molecule has 0 radical (unpaired) electrons. The van der Waals surface area contributed by atoms with Gasteiger partial charge >= 0.3 is 5.97 Å². The first-order chi connectivity index (χ1) is 9.61. The molecule has 0 aliphatic carbocycles. The van der Waals surface area contributed by atoms with Gasteiger partial charge in [-0.2, -0.15) is 0 Å². The number of likely N-dealkylation sites (tertiary alicyclic amines) is 1.